The summed E-state index contributed by atoms with van der Waals surface area (Å²) < 4.78 is 11.9. The Morgan fingerprint density at radius 1 is 1.32 bits per heavy atom. The number of ether oxygens (including phenoxy) is 2. The van der Waals surface area contributed by atoms with Gasteiger partial charge in [-0.2, -0.15) is 0 Å². The van der Waals surface area contributed by atoms with Gasteiger partial charge in [-0.15, -0.1) is 0 Å². The highest BCUT2D eigenvalue weighted by atomic mass is 16.5. The van der Waals surface area contributed by atoms with E-state index in [0.717, 1.165) is 31.7 Å². The molecular weight excluding hydrogens is 238 g/mol. The summed E-state index contributed by atoms with van der Waals surface area (Å²) in [6, 6.07) is 0.764. The van der Waals surface area contributed by atoms with Crippen molar-refractivity contribution >= 4 is 0 Å². The summed E-state index contributed by atoms with van der Waals surface area (Å²) in [5, 5.41) is 3.68. The number of hydrogen-bond acceptors (Lipinski definition) is 3. The Kier molecular flexibility index (Phi) is 5.67. The minimum atomic E-state index is 0.0524. The molecule has 0 bridgehead atoms. The van der Waals surface area contributed by atoms with Gasteiger partial charge in [0.15, 0.2) is 0 Å². The van der Waals surface area contributed by atoms with Crippen LogP contribution in [0.25, 0.3) is 0 Å². The average molecular weight is 269 g/mol. The fraction of sp³-hybridized carbons (Fsp3) is 1.00. The van der Waals surface area contributed by atoms with Gasteiger partial charge in [0, 0.05) is 19.2 Å². The third kappa shape index (κ3) is 5.05. The minimum absolute atomic E-state index is 0.0524. The van der Waals surface area contributed by atoms with Gasteiger partial charge in [-0.1, -0.05) is 19.8 Å². The lowest BCUT2D eigenvalue weighted by atomic mass is 9.78. The molecule has 2 saturated carbocycles. The molecule has 0 heterocycles. The Balaban J connectivity index is 1.87. The van der Waals surface area contributed by atoms with E-state index in [1.807, 2.05) is 6.92 Å². The molecule has 2 rings (SSSR count). The molecule has 0 amide bonds. The maximum atomic E-state index is 6.44. The van der Waals surface area contributed by atoms with Gasteiger partial charge in [0.05, 0.1) is 18.3 Å². The lowest BCUT2D eigenvalue weighted by Crippen LogP contribution is -2.49. The van der Waals surface area contributed by atoms with Crippen molar-refractivity contribution in [2.45, 2.75) is 77.0 Å². The maximum Gasteiger partial charge on any atom is 0.0813 e. The number of nitrogens with one attached hydrogen (secondary N) is 1. The van der Waals surface area contributed by atoms with Crippen LogP contribution in [0.2, 0.25) is 0 Å². The first kappa shape index (κ1) is 15.3. The third-order valence-corrected chi connectivity index (χ3v) is 4.35. The molecule has 2 fully saturated rings. The summed E-state index contributed by atoms with van der Waals surface area (Å²) in [6.45, 7) is 9.07. The molecule has 19 heavy (non-hydrogen) atoms. The van der Waals surface area contributed by atoms with E-state index in [1.54, 1.807) is 0 Å². The average Bonchev–Trinajstić information content (AvgIpc) is 3.18. The molecule has 2 aliphatic carbocycles. The summed E-state index contributed by atoms with van der Waals surface area (Å²) in [6.07, 6.45) is 7.95. The normalized spacial score (nSPS) is 33.3. The van der Waals surface area contributed by atoms with Gasteiger partial charge in [-0.05, 0) is 45.4 Å². The number of rotatable bonds is 8. The first-order valence-electron chi connectivity index (χ1n) is 8.12. The zero-order valence-electron chi connectivity index (χ0n) is 12.9. The van der Waals surface area contributed by atoms with Crippen LogP contribution in [0.4, 0.5) is 0 Å². The second kappa shape index (κ2) is 7.05. The topological polar surface area (TPSA) is 30.5 Å². The zero-order valence-corrected chi connectivity index (χ0v) is 12.9. The lowest BCUT2D eigenvalue weighted by Gasteiger charge is -2.42. The van der Waals surface area contributed by atoms with Crippen LogP contribution in [-0.2, 0) is 9.47 Å². The lowest BCUT2D eigenvalue weighted by molar-refractivity contribution is -0.133. The Labute approximate surface area is 118 Å². The Hall–Kier alpha value is -0.120. The van der Waals surface area contributed by atoms with Gasteiger partial charge in [0.25, 0.3) is 0 Å². The molecule has 1 N–H and O–H groups in total. The molecule has 0 aromatic carbocycles. The van der Waals surface area contributed by atoms with E-state index in [0.29, 0.717) is 0 Å². The molecule has 3 unspecified atom stereocenters. The monoisotopic (exact) mass is 269 g/mol. The van der Waals surface area contributed by atoms with Gasteiger partial charge in [0.2, 0.25) is 0 Å². The molecule has 112 valence electrons. The Morgan fingerprint density at radius 2 is 2.11 bits per heavy atom. The quantitative estimate of drug-likeness (QED) is 0.734. The smallest absolute Gasteiger partial charge is 0.0813 e. The van der Waals surface area contributed by atoms with Gasteiger partial charge in [-0.25, -0.2) is 0 Å². The third-order valence-electron chi connectivity index (χ3n) is 4.35. The fourth-order valence-electron chi connectivity index (χ4n) is 3.28. The van der Waals surface area contributed by atoms with Crippen LogP contribution in [0.3, 0.4) is 0 Å². The van der Waals surface area contributed by atoms with E-state index in [2.05, 4.69) is 19.2 Å². The highest BCUT2D eigenvalue weighted by Crippen LogP contribution is 2.36. The van der Waals surface area contributed by atoms with Crippen molar-refractivity contribution in [1.29, 1.82) is 0 Å². The largest absolute Gasteiger partial charge is 0.379 e. The van der Waals surface area contributed by atoms with Gasteiger partial charge in [0.1, 0.15) is 0 Å². The molecule has 0 aromatic rings. The molecule has 0 radical (unpaired) electrons. The molecule has 3 nitrogen and oxygen atoms in total. The molecular formula is C16H31NO2. The summed E-state index contributed by atoms with van der Waals surface area (Å²) in [7, 11) is 0. The van der Waals surface area contributed by atoms with Crippen molar-refractivity contribution in [3.05, 3.63) is 0 Å². The molecule has 0 aliphatic heterocycles. The maximum absolute atomic E-state index is 6.44. The predicted molar refractivity (Wildman–Crippen MR) is 78.4 cm³/mol. The van der Waals surface area contributed by atoms with Crippen LogP contribution in [-0.4, -0.2) is 37.5 Å². The van der Waals surface area contributed by atoms with E-state index >= 15 is 0 Å². The molecule has 2 aliphatic rings. The Bertz CT molecular complexity index is 267. The standard InChI is InChI=1S/C16H31NO2/c1-4-18-11-14(3)19-16(12-17-15-7-8-15)9-5-6-13(2)10-16/h13-15,17H,4-12H2,1-3H3. The fourth-order valence-corrected chi connectivity index (χ4v) is 3.28. The zero-order chi connectivity index (χ0) is 13.7. The van der Waals surface area contributed by atoms with Crippen LogP contribution < -0.4 is 5.32 Å². The first-order valence-corrected chi connectivity index (χ1v) is 8.12. The molecule has 0 aromatic heterocycles. The van der Waals surface area contributed by atoms with E-state index in [-0.39, 0.29) is 11.7 Å². The molecule has 0 spiro atoms. The van der Waals surface area contributed by atoms with E-state index in [9.17, 15) is 0 Å². The first-order chi connectivity index (χ1) is 9.13. The van der Waals surface area contributed by atoms with E-state index < -0.39 is 0 Å². The summed E-state index contributed by atoms with van der Waals surface area (Å²) >= 11 is 0. The Morgan fingerprint density at radius 3 is 2.74 bits per heavy atom. The van der Waals surface area contributed by atoms with Gasteiger partial charge >= 0.3 is 0 Å². The van der Waals surface area contributed by atoms with Crippen molar-refractivity contribution < 1.29 is 9.47 Å². The van der Waals surface area contributed by atoms with Crippen molar-refractivity contribution in [1.82, 2.24) is 5.32 Å². The van der Waals surface area contributed by atoms with Crippen LogP contribution >= 0.6 is 0 Å². The van der Waals surface area contributed by atoms with Crippen molar-refractivity contribution in [2.75, 3.05) is 19.8 Å². The van der Waals surface area contributed by atoms with Crippen molar-refractivity contribution in [3.63, 3.8) is 0 Å². The highest BCUT2D eigenvalue weighted by molar-refractivity contribution is 4.93. The molecule has 0 saturated heterocycles. The van der Waals surface area contributed by atoms with Crippen molar-refractivity contribution in [3.8, 4) is 0 Å². The summed E-state index contributed by atoms with van der Waals surface area (Å²) in [5.41, 5.74) is 0.0524. The van der Waals surface area contributed by atoms with Gasteiger partial charge in [-0.3, -0.25) is 0 Å². The predicted octanol–water partition coefficient (Wildman–Crippen LogP) is 3.13. The van der Waals surface area contributed by atoms with Crippen molar-refractivity contribution in [2.24, 2.45) is 5.92 Å². The number of hydrogen-bond donors (Lipinski definition) is 1. The highest BCUT2D eigenvalue weighted by Gasteiger charge is 2.38. The summed E-state index contributed by atoms with van der Waals surface area (Å²) in [5.74, 6) is 0.786. The SMILES string of the molecule is CCOCC(C)OC1(CNC2CC2)CCCC(C)C1. The van der Waals surface area contributed by atoms with Crippen LogP contribution in [0, 0.1) is 5.92 Å². The second-order valence-corrected chi connectivity index (χ2v) is 6.63. The van der Waals surface area contributed by atoms with E-state index in [1.165, 1.54) is 38.5 Å². The minimum Gasteiger partial charge on any atom is -0.379 e. The van der Waals surface area contributed by atoms with Crippen LogP contribution in [0.5, 0.6) is 0 Å². The second-order valence-electron chi connectivity index (χ2n) is 6.63. The van der Waals surface area contributed by atoms with E-state index in [4.69, 9.17) is 9.47 Å². The van der Waals surface area contributed by atoms with Gasteiger partial charge < -0.3 is 14.8 Å². The molecule has 3 atom stereocenters. The molecule has 3 heteroatoms. The van der Waals surface area contributed by atoms with Crippen LogP contribution in [0.1, 0.15) is 59.3 Å². The summed E-state index contributed by atoms with van der Waals surface area (Å²) in [4.78, 5) is 0. The van der Waals surface area contributed by atoms with Crippen LogP contribution in [0.15, 0.2) is 0 Å².